The summed E-state index contributed by atoms with van der Waals surface area (Å²) in [5.74, 6) is 0. The number of rotatable bonds is 4. The Kier molecular flexibility index (Phi) is 4.08. The second-order valence-corrected chi connectivity index (χ2v) is 8.57. The molecule has 1 aliphatic carbocycles. The number of anilines is 1. The van der Waals surface area contributed by atoms with Gasteiger partial charge in [-0.15, -0.1) is 0 Å². The van der Waals surface area contributed by atoms with Gasteiger partial charge in [0.2, 0.25) is 20.0 Å². The van der Waals surface area contributed by atoms with E-state index in [0.29, 0.717) is 24.1 Å². The Bertz CT molecular complexity index is 705. The summed E-state index contributed by atoms with van der Waals surface area (Å²) in [6.45, 7) is 1.58. The van der Waals surface area contributed by atoms with E-state index in [1.54, 1.807) is 6.92 Å². The van der Waals surface area contributed by atoms with Gasteiger partial charge in [-0.2, -0.15) is 0 Å². The highest BCUT2D eigenvalue weighted by atomic mass is 32.2. The Hall–Kier alpha value is -1.12. The zero-order valence-electron chi connectivity index (χ0n) is 11.2. The second-order valence-electron chi connectivity index (χ2n) is 5.08. The van der Waals surface area contributed by atoms with Crippen molar-refractivity contribution in [3.8, 4) is 0 Å². The second kappa shape index (κ2) is 5.34. The summed E-state index contributed by atoms with van der Waals surface area (Å²) >= 11 is 0. The maximum Gasteiger partial charge on any atom is 0.238 e. The monoisotopic (exact) mass is 318 g/mol. The average Bonchev–Trinajstić information content (AvgIpc) is 2.80. The van der Waals surface area contributed by atoms with Gasteiger partial charge in [-0.05, 0) is 43.5 Å². The molecule has 0 spiro atoms. The number of hydrogen-bond donors (Lipinski definition) is 2. The van der Waals surface area contributed by atoms with Crippen LogP contribution < -0.4 is 9.86 Å². The quantitative estimate of drug-likeness (QED) is 0.873. The Balaban J connectivity index is 2.25. The normalized spacial score (nSPS) is 17.3. The zero-order chi connectivity index (χ0) is 15.0. The number of hydrogen-bond acceptors (Lipinski definition) is 4. The van der Waals surface area contributed by atoms with Crippen LogP contribution in [0.3, 0.4) is 0 Å². The Labute approximate surface area is 119 Å². The predicted octanol–water partition coefficient (Wildman–Crippen LogP) is 1.33. The van der Waals surface area contributed by atoms with E-state index >= 15 is 0 Å². The zero-order valence-corrected chi connectivity index (χ0v) is 12.8. The van der Waals surface area contributed by atoms with Crippen molar-refractivity contribution in [3.05, 3.63) is 23.8 Å². The maximum absolute atomic E-state index is 12.1. The number of benzene rings is 1. The summed E-state index contributed by atoms with van der Waals surface area (Å²) in [5, 5.41) is 4.71. The molecule has 0 amide bonds. The third kappa shape index (κ3) is 3.31. The summed E-state index contributed by atoms with van der Waals surface area (Å²) < 4.78 is 49.4. The highest BCUT2D eigenvalue weighted by Gasteiger charge is 2.28. The largest absolute Gasteiger partial charge is 0.283 e. The molecule has 6 nitrogen and oxygen atoms in total. The molecule has 0 bridgehead atoms. The summed E-state index contributed by atoms with van der Waals surface area (Å²) in [6, 6.07) is 4.21. The molecule has 0 atom stereocenters. The minimum absolute atomic E-state index is 0.00122. The van der Waals surface area contributed by atoms with Crippen molar-refractivity contribution in [1.29, 1.82) is 0 Å². The Morgan fingerprint density at radius 1 is 1.15 bits per heavy atom. The van der Waals surface area contributed by atoms with Gasteiger partial charge < -0.3 is 0 Å². The average molecular weight is 318 g/mol. The van der Waals surface area contributed by atoms with Gasteiger partial charge in [-0.1, -0.05) is 12.8 Å². The van der Waals surface area contributed by atoms with E-state index in [1.807, 2.05) is 0 Å². The smallest absolute Gasteiger partial charge is 0.238 e. The molecule has 20 heavy (non-hydrogen) atoms. The van der Waals surface area contributed by atoms with Crippen molar-refractivity contribution in [3.63, 3.8) is 0 Å². The van der Waals surface area contributed by atoms with E-state index in [4.69, 9.17) is 5.14 Å². The number of nitrogens with two attached hydrogens (primary N) is 1. The summed E-state index contributed by atoms with van der Waals surface area (Å²) in [7, 11) is -7.20. The van der Waals surface area contributed by atoms with Crippen molar-refractivity contribution < 1.29 is 16.8 Å². The van der Waals surface area contributed by atoms with Crippen LogP contribution in [0.5, 0.6) is 0 Å². The van der Waals surface area contributed by atoms with E-state index in [1.165, 1.54) is 18.2 Å². The molecule has 0 aliphatic heterocycles. The van der Waals surface area contributed by atoms with E-state index in [2.05, 4.69) is 4.72 Å². The molecule has 2 rings (SSSR count). The highest BCUT2D eigenvalue weighted by molar-refractivity contribution is 7.93. The van der Waals surface area contributed by atoms with E-state index < -0.39 is 20.0 Å². The number of nitrogens with one attached hydrogen (secondary N) is 1. The molecule has 3 N–H and O–H groups in total. The SMILES string of the molecule is Cc1cc(NS(=O)(=O)C2CCCC2)ccc1S(N)(=O)=O. The summed E-state index contributed by atoms with van der Waals surface area (Å²) in [5.41, 5.74) is 0.779. The van der Waals surface area contributed by atoms with Crippen LogP contribution in [-0.4, -0.2) is 22.1 Å². The van der Waals surface area contributed by atoms with Crippen LogP contribution in [-0.2, 0) is 20.0 Å². The third-order valence-corrected chi connectivity index (χ3v) is 6.42. The fourth-order valence-corrected chi connectivity index (χ4v) is 4.82. The fourth-order valence-electron chi connectivity index (χ4n) is 2.48. The third-order valence-electron chi connectivity index (χ3n) is 3.48. The van der Waals surface area contributed by atoms with Gasteiger partial charge in [0.25, 0.3) is 0 Å². The van der Waals surface area contributed by atoms with Crippen LogP contribution in [0.4, 0.5) is 5.69 Å². The summed E-state index contributed by atoms with van der Waals surface area (Å²) in [6.07, 6.45) is 3.19. The Morgan fingerprint density at radius 2 is 1.75 bits per heavy atom. The van der Waals surface area contributed by atoms with Gasteiger partial charge in [0.05, 0.1) is 10.1 Å². The lowest BCUT2D eigenvalue weighted by molar-refractivity contribution is 0.585. The lowest BCUT2D eigenvalue weighted by atomic mass is 10.2. The number of aryl methyl sites for hydroxylation is 1. The van der Waals surface area contributed by atoms with Crippen LogP contribution in [0, 0.1) is 6.92 Å². The van der Waals surface area contributed by atoms with E-state index in [0.717, 1.165) is 12.8 Å². The first-order valence-corrected chi connectivity index (χ1v) is 9.44. The molecule has 1 saturated carbocycles. The first-order valence-electron chi connectivity index (χ1n) is 6.35. The van der Waals surface area contributed by atoms with Crippen molar-refractivity contribution in [2.45, 2.75) is 42.8 Å². The topological polar surface area (TPSA) is 106 Å². The standard InChI is InChI=1S/C12H18N2O4S2/c1-9-8-10(6-7-12(9)19(13,15)16)14-20(17,18)11-4-2-3-5-11/h6-8,11,14H,2-5H2,1H3,(H2,13,15,16). The minimum atomic E-state index is -3.79. The molecule has 1 fully saturated rings. The van der Waals surface area contributed by atoms with Crippen molar-refractivity contribution in [2.75, 3.05) is 4.72 Å². The number of primary sulfonamides is 1. The van der Waals surface area contributed by atoms with Gasteiger partial charge in [0.15, 0.2) is 0 Å². The maximum atomic E-state index is 12.1. The molecule has 0 saturated heterocycles. The van der Waals surface area contributed by atoms with Crippen molar-refractivity contribution in [2.24, 2.45) is 5.14 Å². The lowest BCUT2D eigenvalue weighted by Gasteiger charge is -2.14. The van der Waals surface area contributed by atoms with E-state index in [-0.39, 0.29) is 10.1 Å². The molecule has 1 aliphatic rings. The molecule has 0 aromatic heterocycles. The highest BCUT2D eigenvalue weighted by Crippen LogP contribution is 2.27. The van der Waals surface area contributed by atoms with E-state index in [9.17, 15) is 16.8 Å². The number of sulfonamides is 2. The van der Waals surface area contributed by atoms with Crippen LogP contribution in [0.2, 0.25) is 0 Å². The van der Waals surface area contributed by atoms with Crippen LogP contribution in [0.1, 0.15) is 31.2 Å². The molecule has 0 heterocycles. The molecular weight excluding hydrogens is 300 g/mol. The molecule has 0 radical (unpaired) electrons. The van der Waals surface area contributed by atoms with Gasteiger partial charge in [0, 0.05) is 5.69 Å². The lowest BCUT2D eigenvalue weighted by Crippen LogP contribution is -2.25. The van der Waals surface area contributed by atoms with Gasteiger partial charge >= 0.3 is 0 Å². The molecule has 8 heteroatoms. The molecule has 112 valence electrons. The van der Waals surface area contributed by atoms with Crippen molar-refractivity contribution >= 4 is 25.7 Å². The summed E-state index contributed by atoms with van der Waals surface area (Å²) in [4.78, 5) is 0.00122. The fraction of sp³-hybridized carbons (Fsp3) is 0.500. The van der Waals surface area contributed by atoms with Gasteiger partial charge in [0.1, 0.15) is 0 Å². The van der Waals surface area contributed by atoms with Gasteiger partial charge in [-0.25, -0.2) is 22.0 Å². The van der Waals surface area contributed by atoms with Crippen LogP contribution in [0.25, 0.3) is 0 Å². The minimum Gasteiger partial charge on any atom is -0.283 e. The molecule has 0 unspecified atom stereocenters. The molecule has 1 aromatic carbocycles. The van der Waals surface area contributed by atoms with Gasteiger partial charge in [-0.3, -0.25) is 4.72 Å². The van der Waals surface area contributed by atoms with Crippen molar-refractivity contribution in [1.82, 2.24) is 0 Å². The molecule has 1 aromatic rings. The van der Waals surface area contributed by atoms with Crippen LogP contribution in [0.15, 0.2) is 23.1 Å². The van der Waals surface area contributed by atoms with Crippen LogP contribution >= 0.6 is 0 Å². The first kappa shape index (κ1) is 15.3. The first-order chi connectivity index (χ1) is 9.20. The Morgan fingerprint density at radius 3 is 2.25 bits per heavy atom. The predicted molar refractivity (Wildman–Crippen MR) is 77.4 cm³/mol. The molecular formula is C12H18N2O4S2.